The van der Waals surface area contributed by atoms with Crippen LogP contribution < -0.4 is 4.74 Å². The number of likely N-dealkylation sites (tertiary alicyclic amines) is 1. The van der Waals surface area contributed by atoms with Gasteiger partial charge in [-0.15, -0.1) is 0 Å². The Balaban J connectivity index is 1.62. The highest BCUT2D eigenvalue weighted by Gasteiger charge is 2.13. The Bertz CT molecular complexity index is 659. The molecule has 23 heavy (non-hydrogen) atoms. The Kier molecular flexibility index (Phi) is 4.98. The van der Waals surface area contributed by atoms with Crippen molar-refractivity contribution in [2.75, 3.05) is 33.4 Å². The van der Waals surface area contributed by atoms with E-state index < -0.39 is 5.97 Å². The molecule has 0 saturated carbocycles. The molecule has 5 heteroatoms. The predicted octanol–water partition coefficient (Wildman–Crippen LogP) is 3.21. The van der Waals surface area contributed by atoms with Gasteiger partial charge >= 0.3 is 5.97 Å². The molecule has 122 valence electrons. The number of hydrogen-bond donors (Lipinski definition) is 0. The third-order valence-electron chi connectivity index (χ3n) is 3.99. The fraction of sp³-hybridized carbons (Fsp3) is 0.389. The smallest absolute Gasteiger partial charge is 0.373 e. The summed E-state index contributed by atoms with van der Waals surface area (Å²) < 4.78 is 16.0. The van der Waals surface area contributed by atoms with Crippen LogP contribution in [0, 0.1) is 0 Å². The monoisotopic (exact) mass is 315 g/mol. The van der Waals surface area contributed by atoms with Crippen molar-refractivity contribution in [3.63, 3.8) is 0 Å². The lowest BCUT2D eigenvalue weighted by atomic mass is 10.1. The molecule has 0 amide bonds. The molecule has 1 aliphatic rings. The second-order valence-electron chi connectivity index (χ2n) is 5.58. The van der Waals surface area contributed by atoms with Crippen LogP contribution in [0.25, 0.3) is 11.3 Å². The molecule has 0 unspecified atom stereocenters. The molecule has 2 heterocycles. The first-order chi connectivity index (χ1) is 11.3. The number of carbonyl (C=O) groups is 1. The number of rotatable bonds is 6. The molecule has 0 bridgehead atoms. The number of esters is 1. The Morgan fingerprint density at radius 1 is 1.22 bits per heavy atom. The van der Waals surface area contributed by atoms with Crippen molar-refractivity contribution in [3.05, 3.63) is 42.2 Å². The van der Waals surface area contributed by atoms with E-state index in [-0.39, 0.29) is 5.76 Å². The van der Waals surface area contributed by atoms with Gasteiger partial charge in [-0.2, -0.15) is 0 Å². The summed E-state index contributed by atoms with van der Waals surface area (Å²) in [5, 5.41) is 0. The summed E-state index contributed by atoms with van der Waals surface area (Å²) in [5.74, 6) is 1.14. The van der Waals surface area contributed by atoms with E-state index in [1.54, 1.807) is 12.1 Å². The van der Waals surface area contributed by atoms with Crippen LogP contribution in [-0.4, -0.2) is 44.2 Å². The molecule has 1 aromatic heterocycles. The number of nitrogens with zero attached hydrogens (tertiary/aromatic N) is 1. The maximum Gasteiger partial charge on any atom is 0.373 e. The van der Waals surface area contributed by atoms with Crippen molar-refractivity contribution in [3.8, 4) is 17.1 Å². The van der Waals surface area contributed by atoms with Gasteiger partial charge in [0.05, 0.1) is 7.11 Å². The third-order valence-corrected chi connectivity index (χ3v) is 3.99. The van der Waals surface area contributed by atoms with Crippen LogP contribution in [0.1, 0.15) is 23.4 Å². The number of hydrogen-bond acceptors (Lipinski definition) is 5. The molecule has 1 aromatic carbocycles. The Hall–Kier alpha value is -2.27. The Morgan fingerprint density at radius 3 is 2.83 bits per heavy atom. The van der Waals surface area contributed by atoms with Crippen LogP contribution >= 0.6 is 0 Å². The first-order valence-corrected chi connectivity index (χ1v) is 7.90. The normalized spacial score (nSPS) is 14.8. The van der Waals surface area contributed by atoms with Crippen LogP contribution in [0.4, 0.5) is 0 Å². The van der Waals surface area contributed by atoms with Gasteiger partial charge in [-0.05, 0) is 50.2 Å². The molecular weight excluding hydrogens is 294 g/mol. The first kappa shape index (κ1) is 15.6. The van der Waals surface area contributed by atoms with Crippen molar-refractivity contribution in [1.82, 2.24) is 4.90 Å². The van der Waals surface area contributed by atoms with Gasteiger partial charge in [0, 0.05) is 12.1 Å². The number of carbonyl (C=O) groups excluding carboxylic acids is 1. The second-order valence-corrected chi connectivity index (χ2v) is 5.58. The maximum atomic E-state index is 11.4. The minimum absolute atomic E-state index is 0.197. The van der Waals surface area contributed by atoms with E-state index in [0.29, 0.717) is 12.4 Å². The number of benzene rings is 1. The van der Waals surface area contributed by atoms with E-state index >= 15 is 0 Å². The third kappa shape index (κ3) is 3.93. The summed E-state index contributed by atoms with van der Waals surface area (Å²) in [6, 6.07) is 11.1. The average Bonchev–Trinajstić information content (AvgIpc) is 3.26. The standard InChI is InChI=1S/C18H21NO4/c1-21-18(20)17-8-7-16(23-17)14-5-4-6-15(13-14)22-12-11-19-9-2-3-10-19/h4-8,13H,2-3,9-12H2,1H3. The van der Waals surface area contributed by atoms with E-state index in [0.717, 1.165) is 17.9 Å². The van der Waals surface area contributed by atoms with Crippen molar-refractivity contribution in [1.29, 1.82) is 0 Å². The highest BCUT2D eigenvalue weighted by molar-refractivity contribution is 5.87. The van der Waals surface area contributed by atoms with Crippen LogP contribution in [0.3, 0.4) is 0 Å². The minimum Gasteiger partial charge on any atom is -0.492 e. The molecule has 0 spiro atoms. The summed E-state index contributed by atoms with van der Waals surface area (Å²) in [6.07, 6.45) is 2.58. The highest BCUT2D eigenvalue weighted by atomic mass is 16.5. The molecule has 0 aliphatic carbocycles. The lowest BCUT2D eigenvalue weighted by molar-refractivity contribution is 0.0566. The zero-order valence-corrected chi connectivity index (χ0v) is 13.3. The summed E-state index contributed by atoms with van der Waals surface area (Å²) in [7, 11) is 1.33. The van der Waals surface area contributed by atoms with Crippen molar-refractivity contribution >= 4 is 5.97 Å². The van der Waals surface area contributed by atoms with Gasteiger partial charge in [-0.1, -0.05) is 12.1 Å². The minimum atomic E-state index is -0.478. The summed E-state index contributed by atoms with van der Waals surface area (Å²) in [5.41, 5.74) is 0.874. The first-order valence-electron chi connectivity index (χ1n) is 7.90. The summed E-state index contributed by atoms with van der Waals surface area (Å²) in [6.45, 7) is 3.98. The quantitative estimate of drug-likeness (QED) is 0.766. The van der Waals surface area contributed by atoms with Gasteiger partial charge in [0.1, 0.15) is 18.1 Å². The molecule has 0 atom stereocenters. The van der Waals surface area contributed by atoms with Gasteiger partial charge < -0.3 is 13.9 Å². The fourth-order valence-corrected chi connectivity index (χ4v) is 2.74. The molecule has 0 N–H and O–H groups in total. The molecule has 2 aromatic rings. The topological polar surface area (TPSA) is 51.9 Å². The lowest BCUT2D eigenvalue weighted by Crippen LogP contribution is -2.25. The number of ether oxygens (including phenoxy) is 2. The van der Waals surface area contributed by atoms with E-state index in [2.05, 4.69) is 9.64 Å². The van der Waals surface area contributed by atoms with E-state index in [9.17, 15) is 4.79 Å². The van der Waals surface area contributed by atoms with Gasteiger partial charge in [0.15, 0.2) is 0 Å². The predicted molar refractivity (Wildman–Crippen MR) is 86.7 cm³/mol. The number of furan rings is 1. The van der Waals surface area contributed by atoms with E-state index in [1.165, 1.54) is 33.0 Å². The van der Waals surface area contributed by atoms with Crippen molar-refractivity contribution in [2.45, 2.75) is 12.8 Å². The van der Waals surface area contributed by atoms with E-state index in [1.807, 2.05) is 24.3 Å². The SMILES string of the molecule is COC(=O)c1ccc(-c2cccc(OCCN3CCCC3)c2)o1. The molecule has 1 saturated heterocycles. The van der Waals surface area contributed by atoms with Gasteiger partial charge in [0.2, 0.25) is 5.76 Å². The Labute approximate surface area is 135 Å². The van der Waals surface area contributed by atoms with Crippen LogP contribution in [0.5, 0.6) is 5.75 Å². The Morgan fingerprint density at radius 2 is 2.04 bits per heavy atom. The molecule has 1 fully saturated rings. The lowest BCUT2D eigenvalue weighted by Gasteiger charge is -2.15. The molecule has 3 rings (SSSR count). The largest absolute Gasteiger partial charge is 0.492 e. The zero-order chi connectivity index (χ0) is 16.1. The van der Waals surface area contributed by atoms with Crippen molar-refractivity contribution in [2.24, 2.45) is 0 Å². The summed E-state index contributed by atoms with van der Waals surface area (Å²) >= 11 is 0. The average molecular weight is 315 g/mol. The zero-order valence-electron chi connectivity index (χ0n) is 13.3. The van der Waals surface area contributed by atoms with Crippen LogP contribution in [0.15, 0.2) is 40.8 Å². The summed E-state index contributed by atoms with van der Waals surface area (Å²) in [4.78, 5) is 13.9. The van der Waals surface area contributed by atoms with E-state index in [4.69, 9.17) is 9.15 Å². The van der Waals surface area contributed by atoms with Gasteiger partial charge in [-0.3, -0.25) is 4.90 Å². The molecular formula is C18H21NO4. The van der Waals surface area contributed by atoms with Gasteiger partial charge in [0.25, 0.3) is 0 Å². The molecule has 0 radical (unpaired) electrons. The second kappa shape index (κ2) is 7.33. The highest BCUT2D eigenvalue weighted by Crippen LogP contribution is 2.26. The fourth-order valence-electron chi connectivity index (χ4n) is 2.74. The van der Waals surface area contributed by atoms with Gasteiger partial charge in [-0.25, -0.2) is 4.79 Å². The molecule has 1 aliphatic heterocycles. The number of methoxy groups -OCH3 is 1. The maximum absolute atomic E-state index is 11.4. The van der Waals surface area contributed by atoms with Crippen molar-refractivity contribution < 1.29 is 18.7 Å². The van der Waals surface area contributed by atoms with Crippen LogP contribution in [0.2, 0.25) is 0 Å². The van der Waals surface area contributed by atoms with Crippen LogP contribution in [-0.2, 0) is 4.74 Å². The molecule has 5 nitrogen and oxygen atoms in total.